The Bertz CT molecular complexity index is 1160. The minimum Gasteiger partial charge on any atom is -0.277 e. The Kier molecular flexibility index (Phi) is 5.34. The van der Waals surface area contributed by atoms with E-state index < -0.39 is 0 Å². The zero-order chi connectivity index (χ0) is 20.1. The van der Waals surface area contributed by atoms with E-state index in [9.17, 15) is 0 Å². The Labute approximate surface area is 170 Å². The molecular formula is C25H22N4. The summed E-state index contributed by atoms with van der Waals surface area (Å²) in [6.45, 7) is 6.17. The van der Waals surface area contributed by atoms with Gasteiger partial charge in [0.15, 0.2) is 0 Å². The van der Waals surface area contributed by atoms with Crippen LogP contribution in [0.3, 0.4) is 0 Å². The summed E-state index contributed by atoms with van der Waals surface area (Å²) < 4.78 is 0. The topological polar surface area (TPSA) is 57.4 Å². The van der Waals surface area contributed by atoms with Crippen molar-refractivity contribution in [3.8, 4) is 22.5 Å². The standard InChI is InChI=1S/C25H22N4/c1-18(22-16-24(28-26-22)20-12-5-3-6-13-20)10-9-11-19(2)23-17-25(29-27-23)21-14-7-4-8-15-21/h3-17H,1H2,2H3,(H,26,28)(H,27,29)/b10-9-,19-11+. The third-order valence-corrected chi connectivity index (χ3v) is 4.70. The zero-order valence-electron chi connectivity index (χ0n) is 16.3. The highest BCUT2D eigenvalue weighted by atomic mass is 15.1. The number of allylic oxidation sites excluding steroid dienone is 5. The molecule has 0 aliphatic rings. The fourth-order valence-corrected chi connectivity index (χ4v) is 3.02. The Morgan fingerprint density at radius 3 is 1.90 bits per heavy atom. The summed E-state index contributed by atoms with van der Waals surface area (Å²) in [5.74, 6) is 0. The molecular weight excluding hydrogens is 356 g/mol. The highest BCUT2D eigenvalue weighted by Gasteiger charge is 2.05. The monoisotopic (exact) mass is 378 g/mol. The van der Waals surface area contributed by atoms with Crippen molar-refractivity contribution in [3.63, 3.8) is 0 Å². The SMILES string of the molecule is C=C(/C=C\C=C(/C)c1cc(-c2ccccc2)[nH]n1)c1cc(-c2ccccc2)[nH]n1. The highest BCUT2D eigenvalue weighted by molar-refractivity contribution is 5.74. The fraction of sp³-hybridized carbons (Fsp3) is 0.0400. The van der Waals surface area contributed by atoms with Gasteiger partial charge in [0.2, 0.25) is 0 Å². The first-order valence-electron chi connectivity index (χ1n) is 9.47. The number of nitrogens with one attached hydrogen (secondary N) is 2. The molecule has 0 atom stereocenters. The van der Waals surface area contributed by atoms with E-state index in [0.717, 1.165) is 45.0 Å². The van der Waals surface area contributed by atoms with Crippen molar-refractivity contribution in [2.24, 2.45) is 0 Å². The van der Waals surface area contributed by atoms with E-state index in [1.807, 2.05) is 67.6 Å². The molecule has 4 heteroatoms. The summed E-state index contributed by atoms with van der Waals surface area (Å²) in [6, 6.07) is 24.4. The lowest BCUT2D eigenvalue weighted by molar-refractivity contribution is 1.08. The van der Waals surface area contributed by atoms with Crippen LogP contribution >= 0.6 is 0 Å². The van der Waals surface area contributed by atoms with Gasteiger partial charge in [0.05, 0.1) is 22.8 Å². The molecule has 0 saturated heterocycles. The largest absolute Gasteiger partial charge is 0.277 e. The number of hydrogen-bond acceptors (Lipinski definition) is 2. The van der Waals surface area contributed by atoms with Gasteiger partial charge in [-0.2, -0.15) is 10.2 Å². The van der Waals surface area contributed by atoms with Gasteiger partial charge in [-0.3, -0.25) is 10.2 Å². The van der Waals surface area contributed by atoms with Crippen LogP contribution in [0, 0.1) is 0 Å². The van der Waals surface area contributed by atoms with E-state index >= 15 is 0 Å². The fourth-order valence-electron chi connectivity index (χ4n) is 3.02. The first kappa shape index (κ1) is 18.4. The van der Waals surface area contributed by atoms with Gasteiger partial charge in [-0.05, 0) is 41.3 Å². The number of rotatable bonds is 6. The summed E-state index contributed by atoms with van der Waals surface area (Å²) in [5.41, 5.74) is 7.88. The average molecular weight is 378 g/mol. The molecule has 0 unspecified atom stereocenters. The van der Waals surface area contributed by atoms with Crippen molar-refractivity contribution >= 4 is 11.1 Å². The van der Waals surface area contributed by atoms with Crippen LogP contribution in [-0.2, 0) is 0 Å². The highest BCUT2D eigenvalue weighted by Crippen LogP contribution is 2.22. The van der Waals surface area contributed by atoms with Crippen molar-refractivity contribution in [3.05, 3.63) is 109 Å². The lowest BCUT2D eigenvalue weighted by Gasteiger charge is -1.95. The maximum atomic E-state index is 4.42. The van der Waals surface area contributed by atoms with Crippen LogP contribution in [-0.4, -0.2) is 20.4 Å². The summed E-state index contributed by atoms with van der Waals surface area (Å²) in [6.07, 6.45) is 5.96. The van der Waals surface area contributed by atoms with Crippen molar-refractivity contribution < 1.29 is 0 Å². The van der Waals surface area contributed by atoms with E-state index in [2.05, 4.69) is 57.3 Å². The second kappa shape index (κ2) is 8.40. The van der Waals surface area contributed by atoms with Gasteiger partial charge in [-0.25, -0.2) is 0 Å². The van der Waals surface area contributed by atoms with E-state index in [0.29, 0.717) is 0 Å². The number of benzene rings is 2. The molecule has 4 nitrogen and oxygen atoms in total. The molecule has 0 aliphatic heterocycles. The molecule has 0 spiro atoms. The Balaban J connectivity index is 1.44. The maximum Gasteiger partial charge on any atom is 0.0921 e. The predicted molar refractivity (Wildman–Crippen MR) is 120 cm³/mol. The number of aromatic amines is 2. The van der Waals surface area contributed by atoms with Crippen molar-refractivity contribution in [1.29, 1.82) is 0 Å². The normalized spacial score (nSPS) is 11.8. The lowest BCUT2D eigenvalue weighted by Crippen LogP contribution is -1.80. The molecule has 4 rings (SSSR count). The maximum absolute atomic E-state index is 4.42. The molecule has 0 radical (unpaired) electrons. The summed E-state index contributed by atoms with van der Waals surface area (Å²) >= 11 is 0. The van der Waals surface area contributed by atoms with E-state index in [1.165, 1.54) is 0 Å². The van der Waals surface area contributed by atoms with Crippen LogP contribution < -0.4 is 0 Å². The van der Waals surface area contributed by atoms with Gasteiger partial charge >= 0.3 is 0 Å². The number of H-pyrrole nitrogens is 2. The Morgan fingerprint density at radius 1 is 0.793 bits per heavy atom. The summed E-state index contributed by atoms with van der Waals surface area (Å²) in [7, 11) is 0. The first-order chi connectivity index (χ1) is 14.2. The van der Waals surface area contributed by atoms with Gasteiger partial charge in [0.25, 0.3) is 0 Å². The minimum atomic E-state index is 0.831. The van der Waals surface area contributed by atoms with Gasteiger partial charge in [0.1, 0.15) is 0 Å². The average Bonchev–Trinajstić information content (AvgIpc) is 3.45. The zero-order valence-corrected chi connectivity index (χ0v) is 16.3. The lowest BCUT2D eigenvalue weighted by atomic mass is 10.1. The molecule has 2 heterocycles. The molecule has 2 N–H and O–H groups in total. The Hall–Kier alpha value is -3.92. The third kappa shape index (κ3) is 4.33. The number of nitrogens with zero attached hydrogens (tertiary/aromatic N) is 2. The van der Waals surface area contributed by atoms with Crippen LogP contribution in [0.15, 0.2) is 97.6 Å². The molecule has 142 valence electrons. The molecule has 0 saturated carbocycles. The van der Waals surface area contributed by atoms with Gasteiger partial charge in [-0.15, -0.1) is 0 Å². The molecule has 0 bridgehead atoms. The minimum absolute atomic E-state index is 0.831. The number of hydrogen-bond donors (Lipinski definition) is 2. The van der Waals surface area contributed by atoms with Crippen molar-refractivity contribution in [2.45, 2.75) is 6.92 Å². The predicted octanol–water partition coefficient (Wildman–Crippen LogP) is 6.14. The molecule has 0 amide bonds. The van der Waals surface area contributed by atoms with Crippen LogP contribution in [0.5, 0.6) is 0 Å². The van der Waals surface area contributed by atoms with E-state index in [1.54, 1.807) is 0 Å². The first-order valence-corrected chi connectivity index (χ1v) is 9.47. The van der Waals surface area contributed by atoms with Crippen LogP contribution in [0.4, 0.5) is 0 Å². The van der Waals surface area contributed by atoms with Gasteiger partial charge in [-0.1, -0.05) is 85.5 Å². The summed E-state index contributed by atoms with van der Waals surface area (Å²) in [4.78, 5) is 0. The smallest absolute Gasteiger partial charge is 0.0921 e. The molecule has 29 heavy (non-hydrogen) atoms. The molecule has 0 fully saturated rings. The molecule has 4 aromatic rings. The second-order valence-corrected chi connectivity index (χ2v) is 6.80. The van der Waals surface area contributed by atoms with Crippen molar-refractivity contribution in [1.82, 2.24) is 20.4 Å². The third-order valence-electron chi connectivity index (χ3n) is 4.70. The van der Waals surface area contributed by atoms with Crippen LogP contribution in [0.25, 0.3) is 33.7 Å². The Morgan fingerprint density at radius 2 is 1.31 bits per heavy atom. The second-order valence-electron chi connectivity index (χ2n) is 6.80. The van der Waals surface area contributed by atoms with Crippen LogP contribution in [0.2, 0.25) is 0 Å². The molecule has 2 aromatic carbocycles. The number of aromatic nitrogens is 4. The van der Waals surface area contributed by atoms with Gasteiger partial charge < -0.3 is 0 Å². The van der Waals surface area contributed by atoms with Crippen LogP contribution in [0.1, 0.15) is 18.3 Å². The molecule has 2 aromatic heterocycles. The quantitative estimate of drug-likeness (QED) is 0.396. The van der Waals surface area contributed by atoms with E-state index in [-0.39, 0.29) is 0 Å². The summed E-state index contributed by atoms with van der Waals surface area (Å²) in [5, 5.41) is 15.0. The molecule has 0 aliphatic carbocycles. The van der Waals surface area contributed by atoms with E-state index in [4.69, 9.17) is 0 Å². The van der Waals surface area contributed by atoms with Crippen molar-refractivity contribution in [2.75, 3.05) is 0 Å². The van der Waals surface area contributed by atoms with Gasteiger partial charge in [0, 0.05) is 0 Å².